The second-order valence-corrected chi connectivity index (χ2v) is 7.81. The van der Waals surface area contributed by atoms with Gasteiger partial charge in [0.2, 0.25) is 0 Å². The summed E-state index contributed by atoms with van der Waals surface area (Å²) in [5.41, 5.74) is 4.86. The van der Waals surface area contributed by atoms with Crippen LogP contribution in [0.2, 0.25) is 0 Å². The minimum absolute atomic E-state index is 0.0355. The van der Waals surface area contributed by atoms with Crippen LogP contribution in [0.25, 0.3) is 16.9 Å². The van der Waals surface area contributed by atoms with Crippen molar-refractivity contribution >= 4 is 28.9 Å². The van der Waals surface area contributed by atoms with Crippen molar-refractivity contribution in [3.8, 4) is 11.3 Å². The second-order valence-electron chi connectivity index (χ2n) is 7.81. The first-order valence-electron chi connectivity index (χ1n) is 10.6. The standard InChI is InChI=1S/C22H21N9O/c32-22-17-3-1-14(9-15(17)10-26-22)18-12-25-20(21-27-13-28-31(18)21)29-16-2-4-19(24-11-16)30-7-5-23-6-8-30/h1-4,9,11-13,23H,5-8,10H2,(H,25,29)(H,26,32). The quantitative estimate of drug-likeness (QED) is 0.450. The van der Waals surface area contributed by atoms with E-state index in [9.17, 15) is 4.79 Å². The Morgan fingerprint density at radius 2 is 1.91 bits per heavy atom. The maximum absolute atomic E-state index is 11.8. The molecule has 1 amide bonds. The van der Waals surface area contributed by atoms with Crippen molar-refractivity contribution in [3.05, 3.63) is 60.2 Å². The average molecular weight is 427 g/mol. The zero-order valence-corrected chi connectivity index (χ0v) is 17.2. The predicted molar refractivity (Wildman–Crippen MR) is 120 cm³/mol. The Kier molecular flexibility index (Phi) is 4.43. The molecule has 4 aromatic rings. The summed E-state index contributed by atoms with van der Waals surface area (Å²) >= 11 is 0. The highest BCUT2D eigenvalue weighted by molar-refractivity contribution is 5.98. The summed E-state index contributed by atoms with van der Waals surface area (Å²) in [5, 5.41) is 13.9. The van der Waals surface area contributed by atoms with Crippen LogP contribution in [-0.2, 0) is 6.54 Å². The number of amides is 1. The fraction of sp³-hybridized carbons (Fsp3) is 0.227. The number of carbonyl (C=O) groups is 1. The van der Waals surface area contributed by atoms with Crippen molar-refractivity contribution in [2.24, 2.45) is 0 Å². The number of fused-ring (bicyclic) bond motifs is 2. The molecule has 160 valence electrons. The number of nitrogens with one attached hydrogen (secondary N) is 3. The molecule has 0 radical (unpaired) electrons. The molecule has 10 heteroatoms. The van der Waals surface area contributed by atoms with Gasteiger partial charge >= 0.3 is 0 Å². The first kappa shape index (κ1) is 18.7. The highest BCUT2D eigenvalue weighted by Crippen LogP contribution is 2.27. The van der Waals surface area contributed by atoms with Crippen LogP contribution in [0.5, 0.6) is 0 Å². The highest BCUT2D eigenvalue weighted by Gasteiger charge is 2.20. The molecule has 1 fully saturated rings. The van der Waals surface area contributed by atoms with E-state index in [1.807, 2.05) is 36.5 Å². The first-order chi connectivity index (χ1) is 15.8. The van der Waals surface area contributed by atoms with Gasteiger partial charge in [-0.2, -0.15) is 5.10 Å². The largest absolute Gasteiger partial charge is 0.354 e. The lowest BCUT2D eigenvalue weighted by atomic mass is 10.0. The zero-order valence-electron chi connectivity index (χ0n) is 17.2. The molecule has 6 rings (SSSR count). The van der Waals surface area contributed by atoms with Crippen LogP contribution in [0.3, 0.4) is 0 Å². The van der Waals surface area contributed by atoms with Gasteiger partial charge in [0.15, 0.2) is 11.5 Å². The SMILES string of the molecule is O=C1NCc2cc(-c3cnc(Nc4ccc(N5CCNCC5)nc4)c4ncnn34)ccc21. The summed E-state index contributed by atoms with van der Waals surface area (Å²) in [5.74, 6) is 1.53. The fourth-order valence-electron chi connectivity index (χ4n) is 4.17. The smallest absolute Gasteiger partial charge is 0.251 e. The Hall–Kier alpha value is -4.05. The molecule has 0 spiro atoms. The molecule has 32 heavy (non-hydrogen) atoms. The topological polar surface area (TPSA) is 112 Å². The van der Waals surface area contributed by atoms with Gasteiger partial charge in [-0.1, -0.05) is 6.07 Å². The van der Waals surface area contributed by atoms with Gasteiger partial charge in [-0.25, -0.2) is 19.5 Å². The van der Waals surface area contributed by atoms with E-state index in [0.717, 1.165) is 54.5 Å². The summed E-state index contributed by atoms with van der Waals surface area (Å²) in [6.45, 7) is 4.39. The zero-order chi connectivity index (χ0) is 21.5. The Labute approximate surface area is 183 Å². The lowest BCUT2D eigenvalue weighted by Gasteiger charge is -2.28. The molecule has 2 aliphatic rings. The number of pyridine rings is 1. The van der Waals surface area contributed by atoms with Crippen molar-refractivity contribution in [2.75, 3.05) is 36.4 Å². The third kappa shape index (κ3) is 3.21. The van der Waals surface area contributed by atoms with Gasteiger partial charge in [0.25, 0.3) is 5.91 Å². The first-order valence-corrected chi connectivity index (χ1v) is 10.6. The third-order valence-electron chi connectivity index (χ3n) is 5.84. The lowest BCUT2D eigenvalue weighted by molar-refractivity contribution is 0.0966. The Morgan fingerprint density at radius 1 is 1.00 bits per heavy atom. The molecule has 10 nitrogen and oxygen atoms in total. The molecule has 0 saturated carbocycles. The van der Waals surface area contributed by atoms with E-state index in [1.54, 1.807) is 10.7 Å². The Bertz CT molecular complexity index is 1310. The van der Waals surface area contributed by atoms with Crippen LogP contribution >= 0.6 is 0 Å². The number of hydrogen-bond donors (Lipinski definition) is 3. The van der Waals surface area contributed by atoms with Crippen molar-refractivity contribution in [2.45, 2.75) is 6.54 Å². The third-order valence-corrected chi connectivity index (χ3v) is 5.84. The van der Waals surface area contributed by atoms with E-state index < -0.39 is 0 Å². The summed E-state index contributed by atoms with van der Waals surface area (Å²) in [7, 11) is 0. The number of aromatic nitrogens is 5. The predicted octanol–water partition coefficient (Wildman–Crippen LogP) is 1.58. The normalized spacial score (nSPS) is 15.6. The Morgan fingerprint density at radius 3 is 2.75 bits per heavy atom. The van der Waals surface area contributed by atoms with Gasteiger partial charge in [-0.3, -0.25) is 4.79 Å². The maximum atomic E-state index is 11.8. The monoisotopic (exact) mass is 427 g/mol. The summed E-state index contributed by atoms with van der Waals surface area (Å²) in [6.07, 6.45) is 5.08. The molecule has 1 saturated heterocycles. The minimum Gasteiger partial charge on any atom is -0.354 e. The molecule has 3 aromatic heterocycles. The fourth-order valence-corrected chi connectivity index (χ4v) is 4.17. The van der Waals surface area contributed by atoms with Crippen molar-refractivity contribution in [1.29, 1.82) is 0 Å². The highest BCUT2D eigenvalue weighted by atomic mass is 16.1. The van der Waals surface area contributed by atoms with Crippen LogP contribution in [0.4, 0.5) is 17.3 Å². The van der Waals surface area contributed by atoms with E-state index in [4.69, 9.17) is 0 Å². The number of rotatable bonds is 4. The van der Waals surface area contributed by atoms with Gasteiger partial charge in [0.1, 0.15) is 12.1 Å². The van der Waals surface area contributed by atoms with Crippen molar-refractivity contribution in [3.63, 3.8) is 0 Å². The number of carbonyl (C=O) groups excluding carboxylic acids is 1. The van der Waals surface area contributed by atoms with Crippen LogP contribution in [0.15, 0.2) is 49.1 Å². The van der Waals surface area contributed by atoms with Crippen LogP contribution < -0.4 is 20.9 Å². The number of anilines is 3. The van der Waals surface area contributed by atoms with Gasteiger partial charge in [-0.05, 0) is 29.8 Å². The average Bonchev–Trinajstić information content (AvgIpc) is 3.48. The molecule has 0 aliphatic carbocycles. The van der Waals surface area contributed by atoms with Gasteiger partial charge in [0, 0.05) is 43.9 Å². The van der Waals surface area contributed by atoms with E-state index in [2.05, 4.69) is 40.9 Å². The van der Waals surface area contributed by atoms with Crippen molar-refractivity contribution < 1.29 is 4.79 Å². The van der Waals surface area contributed by atoms with E-state index in [1.165, 1.54) is 6.33 Å². The summed E-state index contributed by atoms with van der Waals surface area (Å²) in [4.78, 5) is 27.7. The van der Waals surface area contributed by atoms with Crippen molar-refractivity contribution in [1.82, 2.24) is 35.2 Å². The van der Waals surface area contributed by atoms with E-state index in [0.29, 0.717) is 23.6 Å². The van der Waals surface area contributed by atoms with Gasteiger partial charge in [-0.15, -0.1) is 0 Å². The molecule has 0 atom stereocenters. The maximum Gasteiger partial charge on any atom is 0.251 e. The molecule has 0 unspecified atom stereocenters. The number of piperazine rings is 1. The minimum atomic E-state index is -0.0355. The number of benzene rings is 1. The second kappa shape index (κ2) is 7.57. The number of nitrogens with zero attached hydrogens (tertiary/aromatic N) is 6. The molecule has 1 aromatic carbocycles. The lowest BCUT2D eigenvalue weighted by Crippen LogP contribution is -2.43. The summed E-state index contributed by atoms with van der Waals surface area (Å²) < 4.78 is 1.75. The van der Waals surface area contributed by atoms with Crippen LogP contribution in [0.1, 0.15) is 15.9 Å². The molecule has 3 N–H and O–H groups in total. The number of hydrogen-bond acceptors (Lipinski definition) is 8. The summed E-state index contributed by atoms with van der Waals surface area (Å²) in [6, 6.07) is 9.76. The van der Waals surface area contributed by atoms with E-state index >= 15 is 0 Å². The molecular formula is C22H21N9O. The molecule has 5 heterocycles. The van der Waals surface area contributed by atoms with Crippen LogP contribution in [0, 0.1) is 0 Å². The van der Waals surface area contributed by atoms with Crippen LogP contribution in [-0.4, -0.2) is 56.7 Å². The van der Waals surface area contributed by atoms with E-state index in [-0.39, 0.29) is 5.91 Å². The Balaban J connectivity index is 1.29. The molecule has 0 bridgehead atoms. The molecular weight excluding hydrogens is 406 g/mol. The van der Waals surface area contributed by atoms with Gasteiger partial charge < -0.3 is 20.9 Å². The van der Waals surface area contributed by atoms with Gasteiger partial charge in [0.05, 0.1) is 23.8 Å². The molecule has 2 aliphatic heterocycles.